The van der Waals surface area contributed by atoms with Crippen molar-refractivity contribution < 1.29 is 13.2 Å². The fourth-order valence-corrected chi connectivity index (χ4v) is 4.32. The minimum absolute atomic E-state index is 0.130. The molecule has 0 aliphatic heterocycles. The lowest BCUT2D eigenvalue weighted by Gasteiger charge is -2.13. The number of carbonyl (C=O) groups excluding carboxylic acids is 1. The second-order valence-electron chi connectivity index (χ2n) is 6.65. The summed E-state index contributed by atoms with van der Waals surface area (Å²) >= 11 is 18.0. The van der Waals surface area contributed by atoms with Crippen LogP contribution in [0.3, 0.4) is 0 Å². The maximum absolute atomic E-state index is 12.7. The lowest BCUT2D eigenvalue weighted by molar-refractivity contribution is 0.102. The normalized spacial score (nSPS) is 11.2. The van der Waals surface area contributed by atoms with Gasteiger partial charge in [-0.15, -0.1) is 0 Å². The van der Waals surface area contributed by atoms with Gasteiger partial charge in [-0.25, -0.2) is 8.42 Å². The number of nitrogens with one attached hydrogen (secondary N) is 2. The van der Waals surface area contributed by atoms with Gasteiger partial charge >= 0.3 is 0 Å². The largest absolute Gasteiger partial charge is 0.321 e. The lowest BCUT2D eigenvalue weighted by atomic mass is 10.1. The van der Waals surface area contributed by atoms with E-state index < -0.39 is 15.9 Å². The molecule has 3 aromatic carbocycles. The highest BCUT2D eigenvalue weighted by molar-refractivity contribution is 7.92. The fourth-order valence-electron chi connectivity index (χ4n) is 2.61. The monoisotopic (exact) mass is 482 g/mol. The number of anilines is 2. The van der Waals surface area contributed by atoms with E-state index in [0.29, 0.717) is 16.9 Å². The van der Waals surface area contributed by atoms with Gasteiger partial charge in [-0.1, -0.05) is 58.6 Å². The summed E-state index contributed by atoms with van der Waals surface area (Å²) in [5.74, 6) is -0.480. The molecule has 3 aromatic rings. The molecule has 0 radical (unpaired) electrons. The molecule has 0 aliphatic rings. The van der Waals surface area contributed by atoms with Gasteiger partial charge in [0, 0.05) is 5.56 Å². The molecule has 0 aromatic heterocycles. The van der Waals surface area contributed by atoms with Crippen LogP contribution in [0.4, 0.5) is 11.4 Å². The average Bonchev–Trinajstić information content (AvgIpc) is 2.68. The molecule has 0 bridgehead atoms. The van der Waals surface area contributed by atoms with Gasteiger partial charge < -0.3 is 5.32 Å². The Balaban J connectivity index is 1.87. The standard InChI is InChI=1S/C21H17Cl3N2O3S/c1-12-3-7-15(8-4-12)30(28,29)26-19-9-14(6-5-13(19)2)21(27)25-20-11-17(23)16(22)10-18(20)24/h3-11,26H,1-2H3,(H,25,27). The minimum Gasteiger partial charge on any atom is -0.321 e. The average molecular weight is 484 g/mol. The Kier molecular flexibility index (Phi) is 6.62. The van der Waals surface area contributed by atoms with Crippen LogP contribution >= 0.6 is 34.8 Å². The Morgan fingerprint density at radius 2 is 1.43 bits per heavy atom. The van der Waals surface area contributed by atoms with Crippen LogP contribution in [0.1, 0.15) is 21.5 Å². The van der Waals surface area contributed by atoms with Crippen molar-refractivity contribution in [1.82, 2.24) is 0 Å². The van der Waals surface area contributed by atoms with Crippen LogP contribution in [-0.2, 0) is 10.0 Å². The molecule has 0 unspecified atom stereocenters. The van der Waals surface area contributed by atoms with Crippen molar-refractivity contribution in [3.63, 3.8) is 0 Å². The first-order valence-electron chi connectivity index (χ1n) is 8.73. The van der Waals surface area contributed by atoms with Crippen LogP contribution in [0.2, 0.25) is 15.1 Å². The second-order valence-corrected chi connectivity index (χ2v) is 9.55. The van der Waals surface area contributed by atoms with Crippen molar-refractivity contribution in [3.8, 4) is 0 Å². The molecule has 5 nitrogen and oxygen atoms in total. The zero-order valence-corrected chi connectivity index (χ0v) is 19.0. The molecule has 0 heterocycles. The van der Waals surface area contributed by atoms with E-state index in [9.17, 15) is 13.2 Å². The zero-order valence-electron chi connectivity index (χ0n) is 16.0. The molecule has 9 heteroatoms. The smallest absolute Gasteiger partial charge is 0.261 e. The molecule has 0 fully saturated rings. The summed E-state index contributed by atoms with van der Waals surface area (Å²) in [6, 6.07) is 14.0. The summed E-state index contributed by atoms with van der Waals surface area (Å²) in [5.41, 5.74) is 2.44. The fraction of sp³-hybridized carbons (Fsp3) is 0.0952. The first kappa shape index (κ1) is 22.4. The maximum atomic E-state index is 12.7. The number of benzene rings is 3. The summed E-state index contributed by atoms with van der Waals surface area (Å²) in [6.45, 7) is 3.61. The second kappa shape index (κ2) is 8.86. The first-order chi connectivity index (χ1) is 14.1. The van der Waals surface area contributed by atoms with E-state index in [1.165, 1.54) is 30.3 Å². The predicted octanol–water partition coefficient (Wildman–Crippen LogP) is 6.32. The number of aryl methyl sites for hydroxylation is 2. The minimum atomic E-state index is -3.81. The molecule has 30 heavy (non-hydrogen) atoms. The van der Waals surface area contributed by atoms with Crippen molar-refractivity contribution in [2.45, 2.75) is 18.7 Å². The molecule has 1 amide bonds. The highest BCUT2D eigenvalue weighted by atomic mass is 35.5. The predicted molar refractivity (Wildman–Crippen MR) is 123 cm³/mol. The highest BCUT2D eigenvalue weighted by Crippen LogP contribution is 2.32. The van der Waals surface area contributed by atoms with Gasteiger partial charge in [-0.3, -0.25) is 9.52 Å². The summed E-state index contributed by atoms with van der Waals surface area (Å²) in [4.78, 5) is 12.8. The lowest BCUT2D eigenvalue weighted by Crippen LogP contribution is -2.16. The third kappa shape index (κ3) is 5.08. The van der Waals surface area contributed by atoms with Gasteiger partial charge in [-0.05, 0) is 55.8 Å². The summed E-state index contributed by atoms with van der Waals surface area (Å²) < 4.78 is 27.9. The molecule has 3 rings (SSSR count). The number of hydrogen-bond donors (Lipinski definition) is 2. The van der Waals surface area contributed by atoms with Crippen LogP contribution in [0, 0.1) is 13.8 Å². The van der Waals surface area contributed by atoms with Gasteiger partial charge in [0.15, 0.2) is 0 Å². The maximum Gasteiger partial charge on any atom is 0.261 e. The topological polar surface area (TPSA) is 75.3 Å². The van der Waals surface area contributed by atoms with Crippen LogP contribution in [0.25, 0.3) is 0 Å². The van der Waals surface area contributed by atoms with E-state index in [2.05, 4.69) is 10.0 Å². The van der Waals surface area contributed by atoms with Crippen LogP contribution in [0.15, 0.2) is 59.5 Å². The Labute approximate surface area is 190 Å². The quantitative estimate of drug-likeness (QED) is 0.417. The van der Waals surface area contributed by atoms with E-state index in [1.807, 2.05) is 6.92 Å². The highest BCUT2D eigenvalue weighted by Gasteiger charge is 2.17. The van der Waals surface area contributed by atoms with Gasteiger partial charge in [0.2, 0.25) is 0 Å². The Morgan fingerprint density at radius 3 is 2.10 bits per heavy atom. The van der Waals surface area contributed by atoms with E-state index in [1.54, 1.807) is 31.2 Å². The summed E-state index contributed by atoms with van der Waals surface area (Å²) in [7, 11) is -3.81. The molecule has 0 spiro atoms. The number of rotatable bonds is 5. The van der Waals surface area contributed by atoms with Gasteiger partial charge in [0.05, 0.1) is 31.3 Å². The number of carbonyl (C=O) groups is 1. The molecule has 2 N–H and O–H groups in total. The molecular weight excluding hydrogens is 467 g/mol. The number of amides is 1. The van der Waals surface area contributed by atoms with Crippen molar-refractivity contribution >= 4 is 62.1 Å². The van der Waals surface area contributed by atoms with Crippen molar-refractivity contribution in [3.05, 3.63) is 86.4 Å². The third-order valence-corrected chi connectivity index (χ3v) is 6.75. The van der Waals surface area contributed by atoms with Gasteiger partial charge in [-0.2, -0.15) is 0 Å². The van der Waals surface area contributed by atoms with Crippen molar-refractivity contribution in [1.29, 1.82) is 0 Å². The molecule has 0 saturated carbocycles. The summed E-state index contributed by atoms with van der Waals surface area (Å²) in [6.07, 6.45) is 0. The van der Waals surface area contributed by atoms with Gasteiger partial charge in [0.1, 0.15) is 0 Å². The Hall–Kier alpha value is -2.25. The van der Waals surface area contributed by atoms with E-state index in [4.69, 9.17) is 34.8 Å². The van der Waals surface area contributed by atoms with Crippen LogP contribution < -0.4 is 10.0 Å². The van der Waals surface area contributed by atoms with Crippen LogP contribution in [0.5, 0.6) is 0 Å². The summed E-state index contributed by atoms with van der Waals surface area (Å²) in [5, 5.41) is 3.39. The molecular formula is C21H17Cl3N2O3S. The van der Waals surface area contributed by atoms with Crippen LogP contribution in [-0.4, -0.2) is 14.3 Å². The van der Waals surface area contributed by atoms with Gasteiger partial charge in [0.25, 0.3) is 15.9 Å². The molecule has 156 valence electrons. The van der Waals surface area contributed by atoms with Crippen molar-refractivity contribution in [2.24, 2.45) is 0 Å². The first-order valence-corrected chi connectivity index (χ1v) is 11.3. The Bertz CT molecular complexity index is 1230. The third-order valence-electron chi connectivity index (χ3n) is 4.33. The molecule has 0 aliphatic carbocycles. The Morgan fingerprint density at radius 1 is 0.800 bits per heavy atom. The molecule has 0 atom stereocenters. The van der Waals surface area contributed by atoms with E-state index in [-0.39, 0.29) is 25.5 Å². The van der Waals surface area contributed by atoms with E-state index in [0.717, 1.165) is 5.56 Å². The SMILES string of the molecule is Cc1ccc(S(=O)(=O)Nc2cc(C(=O)Nc3cc(Cl)c(Cl)cc3Cl)ccc2C)cc1. The number of sulfonamides is 1. The zero-order chi connectivity index (χ0) is 22.1. The van der Waals surface area contributed by atoms with Crippen molar-refractivity contribution in [2.75, 3.05) is 10.0 Å². The number of hydrogen-bond acceptors (Lipinski definition) is 3. The number of halogens is 3. The van der Waals surface area contributed by atoms with E-state index >= 15 is 0 Å². The molecule has 0 saturated heterocycles.